The highest BCUT2D eigenvalue weighted by molar-refractivity contribution is 6.00. The lowest BCUT2D eigenvalue weighted by atomic mass is 9.98. The van der Waals surface area contributed by atoms with Crippen molar-refractivity contribution in [2.24, 2.45) is 0 Å². The van der Waals surface area contributed by atoms with E-state index in [1.54, 1.807) is 10.9 Å². The molecule has 0 unspecified atom stereocenters. The van der Waals surface area contributed by atoms with Gasteiger partial charge in [0.1, 0.15) is 0 Å². The van der Waals surface area contributed by atoms with Gasteiger partial charge < -0.3 is 4.74 Å². The summed E-state index contributed by atoms with van der Waals surface area (Å²) in [6.45, 7) is 6.12. The monoisotopic (exact) mass is 362 g/mol. The van der Waals surface area contributed by atoms with Crippen molar-refractivity contribution >= 4 is 11.8 Å². The predicted octanol–water partition coefficient (Wildman–Crippen LogP) is 3.90. The average Bonchev–Trinajstić information content (AvgIpc) is 3.12. The smallest absolute Gasteiger partial charge is 0.341 e. The number of carbonyl (C=O) groups is 2. The Morgan fingerprint density at radius 2 is 1.70 bits per heavy atom. The third kappa shape index (κ3) is 4.50. The van der Waals surface area contributed by atoms with Gasteiger partial charge in [-0.1, -0.05) is 36.4 Å². The van der Waals surface area contributed by atoms with Crippen molar-refractivity contribution in [3.05, 3.63) is 88.2 Å². The average molecular weight is 362 g/mol. The van der Waals surface area contributed by atoms with Gasteiger partial charge in [-0.15, -0.1) is 0 Å². The van der Waals surface area contributed by atoms with E-state index in [0.29, 0.717) is 17.7 Å². The molecule has 0 N–H and O–H groups in total. The van der Waals surface area contributed by atoms with Crippen molar-refractivity contribution < 1.29 is 14.3 Å². The first-order valence-corrected chi connectivity index (χ1v) is 8.78. The summed E-state index contributed by atoms with van der Waals surface area (Å²) in [5, 5.41) is 4.18. The second kappa shape index (κ2) is 7.99. The molecule has 3 aromatic rings. The van der Waals surface area contributed by atoms with Gasteiger partial charge >= 0.3 is 5.97 Å². The molecule has 0 saturated carbocycles. The number of ketones is 1. The zero-order chi connectivity index (χ0) is 19.4. The van der Waals surface area contributed by atoms with Gasteiger partial charge in [-0.3, -0.25) is 9.48 Å². The second-order valence-corrected chi connectivity index (χ2v) is 6.66. The largest absolute Gasteiger partial charge is 0.454 e. The van der Waals surface area contributed by atoms with Crippen LogP contribution >= 0.6 is 0 Å². The highest BCUT2D eigenvalue weighted by Gasteiger charge is 2.16. The second-order valence-electron chi connectivity index (χ2n) is 6.66. The van der Waals surface area contributed by atoms with Crippen molar-refractivity contribution in [2.75, 3.05) is 6.61 Å². The fourth-order valence-corrected chi connectivity index (χ4v) is 2.88. The molecule has 5 nitrogen and oxygen atoms in total. The first kappa shape index (κ1) is 18.6. The molecule has 0 aliphatic heterocycles. The predicted molar refractivity (Wildman–Crippen MR) is 103 cm³/mol. The normalized spacial score (nSPS) is 10.6. The quantitative estimate of drug-likeness (QED) is 0.493. The van der Waals surface area contributed by atoms with E-state index in [-0.39, 0.29) is 12.4 Å². The number of esters is 1. The minimum atomic E-state index is -0.552. The fraction of sp³-hybridized carbons (Fsp3) is 0.227. The first-order chi connectivity index (χ1) is 12.9. The molecule has 27 heavy (non-hydrogen) atoms. The summed E-state index contributed by atoms with van der Waals surface area (Å²) in [4.78, 5) is 24.6. The Balaban J connectivity index is 1.61. The third-order valence-electron chi connectivity index (χ3n) is 4.53. The van der Waals surface area contributed by atoms with Gasteiger partial charge in [0.25, 0.3) is 0 Å². The number of hydrogen-bond donors (Lipinski definition) is 0. The molecule has 0 atom stereocenters. The highest BCUT2D eigenvalue weighted by Crippen LogP contribution is 2.16. The van der Waals surface area contributed by atoms with E-state index in [2.05, 4.69) is 5.10 Å². The van der Waals surface area contributed by atoms with E-state index in [1.165, 1.54) is 6.20 Å². The molecule has 0 aliphatic carbocycles. The van der Waals surface area contributed by atoms with Crippen LogP contribution in [0.1, 0.15) is 43.0 Å². The number of aryl methyl sites for hydroxylation is 3. The molecule has 1 heterocycles. The van der Waals surface area contributed by atoms with Crippen LogP contribution in [0.3, 0.4) is 0 Å². The molecule has 0 fully saturated rings. The number of Topliss-reactive ketones (excluding diaryl/α,β-unsaturated/α-hetero) is 1. The first-order valence-electron chi connectivity index (χ1n) is 8.78. The molecule has 0 aliphatic rings. The van der Waals surface area contributed by atoms with Crippen LogP contribution in [0.25, 0.3) is 0 Å². The Hall–Kier alpha value is -3.21. The van der Waals surface area contributed by atoms with Gasteiger partial charge in [-0.2, -0.15) is 5.10 Å². The van der Waals surface area contributed by atoms with Gasteiger partial charge in [-0.25, -0.2) is 4.79 Å². The summed E-state index contributed by atoms with van der Waals surface area (Å²) < 4.78 is 6.86. The number of hydrogen-bond acceptors (Lipinski definition) is 4. The Bertz CT molecular complexity index is 974. The van der Waals surface area contributed by atoms with Crippen molar-refractivity contribution in [1.29, 1.82) is 0 Å². The van der Waals surface area contributed by atoms with Crippen molar-refractivity contribution in [2.45, 2.75) is 27.3 Å². The molecule has 0 spiro atoms. The summed E-state index contributed by atoms with van der Waals surface area (Å²) >= 11 is 0. The van der Waals surface area contributed by atoms with Crippen molar-refractivity contribution in [3.8, 4) is 0 Å². The Morgan fingerprint density at radius 1 is 1.00 bits per heavy atom. The van der Waals surface area contributed by atoms with Crippen molar-refractivity contribution in [1.82, 2.24) is 9.78 Å². The van der Waals surface area contributed by atoms with Gasteiger partial charge in [0, 0.05) is 11.8 Å². The number of benzene rings is 2. The topological polar surface area (TPSA) is 61.2 Å². The van der Waals surface area contributed by atoms with Crippen LogP contribution in [-0.4, -0.2) is 28.1 Å². The molecule has 0 amide bonds. The molecular formula is C22H22N2O3. The van der Waals surface area contributed by atoms with E-state index in [0.717, 1.165) is 22.3 Å². The van der Waals surface area contributed by atoms with Gasteiger partial charge in [0.2, 0.25) is 5.78 Å². The van der Waals surface area contributed by atoms with Gasteiger partial charge in [0.05, 0.1) is 18.3 Å². The minimum Gasteiger partial charge on any atom is -0.454 e. The maximum absolute atomic E-state index is 12.4. The number of nitrogens with zero attached hydrogens (tertiary/aromatic N) is 2. The SMILES string of the molecule is Cc1cc(C)c(C(=O)COC(=O)c2cnn(Cc3ccccc3)c2)cc1C. The molecule has 138 valence electrons. The van der Waals surface area contributed by atoms with E-state index < -0.39 is 5.97 Å². The van der Waals surface area contributed by atoms with Gasteiger partial charge in [-0.05, 0) is 49.1 Å². The number of rotatable bonds is 6. The standard InChI is InChI=1S/C22H22N2O3/c1-15-9-17(3)20(10-16(15)2)21(25)14-27-22(26)19-11-23-24(13-19)12-18-7-5-4-6-8-18/h4-11,13H,12,14H2,1-3H3. The molecule has 3 rings (SSSR count). The molecule has 1 aromatic heterocycles. The Labute approximate surface area is 158 Å². The molecule has 0 saturated heterocycles. The summed E-state index contributed by atoms with van der Waals surface area (Å²) in [6, 6.07) is 13.7. The lowest BCUT2D eigenvalue weighted by molar-refractivity contribution is 0.0474. The highest BCUT2D eigenvalue weighted by atomic mass is 16.5. The summed E-state index contributed by atoms with van der Waals surface area (Å²) in [6.07, 6.45) is 3.08. The number of carbonyl (C=O) groups excluding carboxylic acids is 2. The van der Waals surface area contributed by atoms with E-state index >= 15 is 0 Å². The molecule has 5 heteroatoms. The third-order valence-corrected chi connectivity index (χ3v) is 4.53. The van der Waals surface area contributed by atoms with Crippen LogP contribution in [0.5, 0.6) is 0 Å². The fourth-order valence-electron chi connectivity index (χ4n) is 2.88. The van der Waals surface area contributed by atoms with Crippen molar-refractivity contribution in [3.63, 3.8) is 0 Å². The summed E-state index contributed by atoms with van der Waals surface area (Å²) in [7, 11) is 0. The lowest BCUT2D eigenvalue weighted by Crippen LogP contribution is -2.15. The van der Waals surface area contributed by atoms with Crippen LogP contribution < -0.4 is 0 Å². The zero-order valence-corrected chi connectivity index (χ0v) is 15.7. The Morgan fingerprint density at radius 3 is 2.44 bits per heavy atom. The van der Waals surface area contributed by atoms with Gasteiger partial charge in [0.15, 0.2) is 6.61 Å². The summed E-state index contributed by atoms with van der Waals surface area (Å²) in [5.74, 6) is -0.759. The summed E-state index contributed by atoms with van der Waals surface area (Å²) in [5.41, 5.74) is 5.06. The minimum absolute atomic E-state index is 0.208. The number of ether oxygens (including phenoxy) is 1. The zero-order valence-electron chi connectivity index (χ0n) is 15.7. The van der Waals surface area contributed by atoms with Crippen LogP contribution in [-0.2, 0) is 11.3 Å². The van der Waals surface area contributed by atoms with Crippen LogP contribution in [0, 0.1) is 20.8 Å². The molecular weight excluding hydrogens is 340 g/mol. The van der Waals surface area contributed by atoms with E-state index in [1.807, 2.05) is 63.2 Å². The molecule has 0 radical (unpaired) electrons. The molecule has 2 aromatic carbocycles. The van der Waals surface area contributed by atoms with E-state index in [4.69, 9.17) is 4.74 Å². The molecule has 0 bridgehead atoms. The maximum atomic E-state index is 12.4. The van der Waals surface area contributed by atoms with Crippen LogP contribution in [0.15, 0.2) is 54.9 Å². The Kier molecular flexibility index (Phi) is 5.50. The number of aromatic nitrogens is 2. The van der Waals surface area contributed by atoms with Crippen LogP contribution in [0.2, 0.25) is 0 Å². The maximum Gasteiger partial charge on any atom is 0.341 e. The lowest BCUT2D eigenvalue weighted by Gasteiger charge is -2.09. The van der Waals surface area contributed by atoms with Crippen LogP contribution in [0.4, 0.5) is 0 Å². The van der Waals surface area contributed by atoms with E-state index in [9.17, 15) is 9.59 Å².